The molecule has 39 heavy (non-hydrogen) atoms. The van der Waals surface area contributed by atoms with Gasteiger partial charge in [-0.2, -0.15) is 4.98 Å². The van der Waals surface area contributed by atoms with Gasteiger partial charge in [-0.25, -0.2) is 4.98 Å². The first kappa shape index (κ1) is 27.3. The molecule has 0 spiro atoms. The van der Waals surface area contributed by atoms with Crippen molar-refractivity contribution in [3.05, 3.63) is 69.1 Å². The van der Waals surface area contributed by atoms with E-state index in [0.29, 0.717) is 51.6 Å². The van der Waals surface area contributed by atoms with Crippen LogP contribution in [0.4, 0.5) is 23.0 Å². The van der Waals surface area contributed by atoms with Crippen LogP contribution in [0.3, 0.4) is 0 Å². The lowest BCUT2D eigenvalue weighted by Crippen LogP contribution is -2.29. The average Bonchev–Trinajstić information content (AvgIpc) is 2.93. The minimum absolute atomic E-state index is 0.0873. The average molecular weight is 534 g/mol. The number of nitro benzene ring substituents is 1. The van der Waals surface area contributed by atoms with E-state index in [1.54, 1.807) is 45.6 Å². The van der Waals surface area contributed by atoms with Gasteiger partial charge >= 0.3 is 0 Å². The molecule has 0 unspecified atom stereocenters. The van der Waals surface area contributed by atoms with Gasteiger partial charge in [-0.3, -0.25) is 19.5 Å². The molecule has 1 N–H and O–H groups in total. The highest BCUT2D eigenvalue weighted by atomic mass is 16.6. The lowest BCUT2D eigenvalue weighted by Gasteiger charge is -2.22. The Labute approximate surface area is 225 Å². The first-order valence-corrected chi connectivity index (χ1v) is 12.1. The van der Waals surface area contributed by atoms with Crippen molar-refractivity contribution in [3.8, 4) is 22.6 Å². The number of ether oxygens (including phenoxy) is 2. The molecule has 0 radical (unpaired) electrons. The molecule has 0 aliphatic rings. The number of aryl methyl sites for hydroxylation is 1. The summed E-state index contributed by atoms with van der Waals surface area (Å²) in [5.41, 5.74) is 2.03. The highest BCUT2D eigenvalue weighted by molar-refractivity contribution is 5.83. The molecule has 0 fully saturated rings. The fourth-order valence-electron chi connectivity index (χ4n) is 4.17. The Hall–Kier alpha value is -4.71. The van der Waals surface area contributed by atoms with Gasteiger partial charge in [0.05, 0.1) is 24.8 Å². The Bertz CT molecular complexity index is 1590. The third kappa shape index (κ3) is 5.75. The van der Waals surface area contributed by atoms with Crippen LogP contribution in [0.25, 0.3) is 22.2 Å². The standard InChI is InChI=1S/C27H31N7O5/c1-31(2)10-11-32(3)22-15-24(39-6)21(14-23(22)34(36)37)29-27-28-16-18-13-20(26(35)33(4)25(18)30-27)17-8-7-9-19(12-17)38-5/h7-9,12-16H,10-11H2,1-6H3,(H,28,29,30). The molecule has 0 saturated heterocycles. The smallest absolute Gasteiger partial charge is 0.294 e. The Morgan fingerprint density at radius 2 is 1.85 bits per heavy atom. The largest absolute Gasteiger partial charge is 0.497 e. The summed E-state index contributed by atoms with van der Waals surface area (Å²) in [7, 11) is 10.4. The Balaban J connectivity index is 1.73. The summed E-state index contributed by atoms with van der Waals surface area (Å²) in [5, 5.41) is 15.6. The van der Waals surface area contributed by atoms with Crippen molar-refractivity contribution in [1.82, 2.24) is 19.4 Å². The molecule has 0 saturated carbocycles. The number of pyridine rings is 1. The number of aromatic nitrogens is 3. The van der Waals surface area contributed by atoms with Crippen LogP contribution in [-0.2, 0) is 7.05 Å². The van der Waals surface area contributed by atoms with Gasteiger partial charge in [0.1, 0.15) is 22.8 Å². The van der Waals surface area contributed by atoms with E-state index in [4.69, 9.17) is 9.47 Å². The highest BCUT2D eigenvalue weighted by Crippen LogP contribution is 2.39. The number of hydrogen-bond acceptors (Lipinski definition) is 10. The molecule has 0 bridgehead atoms. The molecule has 0 atom stereocenters. The van der Waals surface area contributed by atoms with Crippen molar-refractivity contribution in [2.75, 3.05) is 58.7 Å². The zero-order chi connectivity index (χ0) is 28.3. The first-order chi connectivity index (χ1) is 18.6. The van der Waals surface area contributed by atoms with E-state index in [9.17, 15) is 14.9 Å². The second-order valence-corrected chi connectivity index (χ2v) is 9.27. The molecule has 2 aromatic heterocycles. The zero-order valence-corrected chi connectivity index (χ0v) is 22.8. The Morgan fingerprint density at radius 3 is 2.51 bits per heavy atom. The van der Waals surface area contributed by atoms with Crippen LogP contribution in [0.1, 0.15) is 0 Å². The number of anilines is 3. The van der Waals surface area contributed by atoms with Gasteiger partial charge in [0.2, 0.25) is 5.95 Å². The van der Waals surface area contributed by atoms with E-state index >= 15 is 0 Å². The number of benzene rings is 2. The number of nitrogens with zero attached hydrogens (tertiary/aromatic N) is 6. The van der Waals surface area contributed by atoms with E-state index in [2.05, 4.69) is 15.3 Å². The second-order valence-electron chi connectivity index (χ2n) is 9.27. The van der Waals surface area contributed by atoms with Gasteiger partial charge < -0.3 is 24.6 Å². The Kier molecular flexibility index (Phi) is 7.96. The molecule has 2 heterocycles. The maximum absolute atomic E-state index is 13.2. The number of rotatable bonds is 10. The minimum atomic E-state index is -0.433. The van der Waals surface area contributed by atoms with Gasteiger partial charge in [0.25, 0.3) is 11.2 Å². The summed E-state index contributed by atoms with van der Waals surface area (Å²) < 4.78 is 12.3. The third-order valence-electron chi connectivity index (χ3n) is 6.36. The van der Waals surface area contributed by atoms with Crippen molar-refractivity contribution in [2.24, 2.45) is 7.05 Å². The van der Waals surface area contributed by atoms with E-state index in [0.717, 1.165) is 6.54 Å². The number of fused-ring (bicyclic) bond motifs is 1. The van der Waals surface area contributed by atoms with Crippen LogP contribution >= 0.6 is 0 Å². The van der Waals surface area contributed by atoms with Gasteiger partial charge in [-0.1, -0.05) is 12.1 Å². The molecule has 2 aromatic carbocycles. The monoisotopic (exact) mass is 533 g/mol. The first-order valence-electron chi connectivity index (χ1n) is 12.1. The van der Waals surface area contributed by atoms with Crippen LogP contribution in [0, 0.1) is 10.1 Å². The normalized spacial score (nSPS) is 11.1. The molecule has 0 aliphatic heterocycles. The SMILES string of the molecule is COc1cccc(-c2cc3cnc(Nc4cc([N+](=O)[O-])c(N(C)CCN(C)C)cc4OC)nc3n(C)c2=O)c1. The lowest BCUT2D eigenvalue weighted by molar-refractivity contribution is -0.384. The van der Waals surface area contributed by atoms with Crippen molar-refractivity contribution in [1.29, 1.82) is 0 Å². The Morgan fingerprint density at radius 1 is 1.08 bits per heavy atom. The minimum Gasteiger partial charge on any atom is -0.497 e. The number of nitro groups is 1. The van der Waals surface area contributed by atoms with Crippen LogP contribution < -0.4 is 25.2 Å². The molecule has 4 rings (SSSR count). The van der Waals surface area contributed by atoms with Crippen LogP contribution in [-0.4, -0.2) is 72.8 Å². The van der Waals surface area contributed by atoms with Gasteiger partial charge in [-0.15, -0.1) is 0 Å². The summed E-state index contributed by atoms with van der Waals surface area (Å²) in [4.78, 5) is 37.4. The third-order valence-corrected chi connectivity index (χ3v) is 6.36. The van der Waals surface area contributed by atoms with E-state index in [1.165, 1.54) is 17.7 Å². The predicted octanol–water partition coefficient (Wildman–Crippen LogP) is 3.66. The van der Waals surface area contributed by atoms with E-state index in [-0.39, 0.29) is 17.2 Å². The van der Waals surface area contributed by atoms with Crippen molar-refractivity contribution in [3.63, 3.8) is 0 Å². The fraction of sp³-hybridized carbons (Fsp3) is 0.296. The predicted molar refractivity (Wildman–Crippen MR) is 152 cm³/mol. The molecule has 12 nitrogen and oxygen atoms in total. The van der Waals surface area contributed by atoms with Gasteiger partial charge in [0, 0.05) is 56.5 Å². The van der Waals surface area contributed by atoms with Crippen molar-refractivity contribution in [2.45, 2.75) is 0 Å². The molecule has 4 aromatic rings. The summed E-state index contributed by atoms with van der Waals surface area (Å²) in [6.45, 7) is 1.31. The quantitative estimate of drug-likeness (QED) is 0.238. The number of methoxy groups -OCH3 is 2. The molecule has 12 heteroatoms. The van der Waals surface area contributed by atoms with Crippen LogP contribution in [0.15, 0.2) is 53.5 Å². The zero-order valence-electron chi connectivity index (χ0n) is 22.8. The molecular formula is C27H31N7O5. The highest BCUT2D eigenvalue weighted by Gasteiger charge is 2.22. The molecular weight excluding hydrogens is 502 g/mol. The van der Waals surface area contributed by atoms with Gasteiger partial charge in [-0.05, 0) is 37.9 Å². The van der Waals surface area contributed by atoms with Crippen molar-refractivity contribution >= 4 is 34.0 Å². The topological polar surface area (TPSA) is 128 Å². The summed E-state index contributed by atoms with van der Waals surface area (Å²) in [5.74, 6) is 1.19. The summed E-state index contributed by atoms with van der Waals surface area (Å²) in [6, 6.07) is 12.0. The maximum Gasteiger partial charge on any atom is 0.294 e. The molecule has 204 valence electrons. The van der Waals surface area contributed by atoms with Crippen LogP contribution in [0.5, 0.6) is 11.5 Å². The lowest BCUT2D eigenvalue weighted by atomic mass is 10.1. The second kappa shape index (κ2) is 11.4. The number of hydrogen-bond donors (Lipinski definition) is 1. The summed E-state index contributed by atoms with van der Waals surface area (Å²) >= 11 is 0. The molecule has 0 amide bonds. The molecule has 0 aliphatic carbocycles. The van der Waals surface area contributed by atoms with E-state index in [1.807, 2.05) is 42.1 Å². The van der Waals surface area contributed by atoms with E-state index < -0.39 is 4.92 Å². The van der Waals surface area contributed by atoms with Crippen LogP contribution in [0.2, 0.25) is 0 Å². The van der Waals surface area contributed by atoms with Crippen molar-refractivity contribution < 1.29 is 14.4 Å². The maximum atomic E-state index is 13.2. The summed E-state index contributed by atoms with van der Waals surface area (Å²) in [6.07, 6.45) is 1.60. The number of nitrogens with one attached hydrogen (secondary N) is 1. The number of likely N-dealkylation sites (N-methyl/N-ethyl adjacent to an activating group) is 2. The fourth-order valence-corrected chi connectivity index (χ4v) is 4.17. The van der Waals surface area contributed by atoms with Gasteiger partial charge in [0.15, 0.2) is 0 Å².